The molecule has 1 atom stereocenters. The molecule has 4 aromatic rings. The molecule has 1 N–H and O–H groups in total. The van der Waals surface area contributed by atoms with E-state index in [-0.39, 0.29) is 17.9 Å². The Morgan fingerprint density at radius 1 is 0.935 bits per heavy atom. The Labute approximate surface area is 188 Å². The van der Waals surface area contributed by atoms with Gasteiger partial charge in [0.05, 0.1) is 24.0 Å². The van der Waals surface area contributed by atoms with Crippen LogP contribution >= 0.6 is 15.9 Å². The lowest BCUT2D eigenvalue weighted by Crippen LogP contribution is -2.38. The molecule has 1 aliphatic heterocycles. The summed E-state index contributed by atoms with van der Waals surface area (Å²) in [5.41, 5.74) is 4.55. The van der Waals surface area contributed by atoms with Crippen molar-refractivity contribution in [3.05, 3.63) is 118 Å². The number of fused-ring (bicyclic) bond motifs is 3. The van der Waals surface area contributed by atoms with Crippen molar-refractivity contribution < 1.29 is 9.18 Å². The van der Waals surface area contributed by atoms with Gasteiger partial charge >= 0.3 is 6.03 Å². The Kier molecular flexibility index (Phi) is 5.08. The lowest BCUT2D eigenvalue weighted by atomic mass is 10.0. The van der Waals surface area contributed by atoms with E-state index in [0.29, 0.717) is 12.2 Å². The van der Waals surface area contributed by atoms with E-state index in [2.05, 4.69) is 31.9 Å². The summed E-state index contributed by atoms with van der Waals surface area (Å²) in [5.74, 6) is -0.305. The van der Waals surface area contributed by atoms with Crippen LogP contribution in [0.25, 0.3) is 5.69 Å². The molecule has 1 aliphatic rings. The average Bonchev–Trinajstić information content (AvgIpc) is 3.20. The van der Waals surface area contributed by atoms with Gasteiger partial charge in [-0.25, -0.2) is 9.18 Å². The summed E-state index contributed by atoms with van der Waals surface area (Å²) in [6.45, 7) is 0.413. The highest BCUT2D eigenvalue weighted by atomic mass is 79.9. The maximum absolute atomic E-state index is 13.7. The highest BCUT2D eigenvalue weighted by Gasteiger charge is 2.33. The highest BCUT2D eigenvalue weighted by Crippen LogP contribution is 2.37. The topological polar surface area (TPSA) is 37.3 Å². The minimum absolute atomic E-state index is 0.231. The maximum Gasteiger partial charge on any atom is 0.323 e. The fourth-order valence-electron chi connectivity index (χ4n) is 4.08. The van der Waals surface area contributed by atoms with Crippen LogP contribution < -0.4 is 5.32 Å². The number of amides is 2. The fraction of sp³-hybridized carbons (Fsp3) is 0.0800. The van der Waals surface area contributed by atoms with Gasteiger partial charge in [-0.3, -0.25) is 0 Å². The largest absolute Gasteiger partial charge is 0.323 e. The summed E-state index contributed by atoms with van der Waals surface area (Å²) < 4.78 is 16.6. The summed E-state index contributed by atoms with van der Waals surface area (Å²) >= 11 is 3.50. The summed E-state index contributed by atoms with van der Waals surface area (Å²) in [7, 11) is 0. The zero-order valence-electron chi connectivity index (χ0n) is 16.5. The minimum atomic E-state index is -0.384. The summed E-state index contributed by atoms with van der Waals surface area (Å²) in [6, 6.07) is 25.3. The number of hydrogen-bond donors (Lipinski definition) is 1. The van der Waals surface area contributed by atoms with Gasteiger partial charge in [-0.05, 0) is 69.5 Å². The van der Waals surface area contributed by atoms with E-state index in [4.69, 9.17) is 0 Å². The molecular weight excluding hydrogens is 457 g/mol. The second-order valence-electron chi connectivity index (χ2n) is 7.42. The molecule has 0 fully saturated rings. The van der Waals surface area contributed by atoms with Crippen molar-refractivity contribution in [3.63, 3.8) is 0 Å². The first kappa shape index (κ1) is 19.6. The normalized spacial score (nSPS) is 15.0. The third kappa shape index (κ3) is 3.64. The van der Waals surface area contributed by atoms with Crippen molar-refractivity contribution in [1.82, 2.24) is 9.47 Å². The number of carbonyl (C=O) groups excluding carboxylic acids is 1. The quantitative estimate of drug-likeness (QED) is 0.352. The van der Waals surface area contributed by atoms with Crippen molar-refractivity contribution in [2.45, 2.75) is 12.6 Å². The number of anilines is 1. The van der Waals surface area contributed by atoms with E-state index in [1.54, 1.807) is 17.0 Å². The number of halogens is 2. The molecule has 6 heteroatoms. The predicted molar refractivity (Wildman–Crippen MR) is 123 cm³/mol. The number of benzene rings is 3. The Balaban J connectivity index is 1.64. The standard InChI is InChI=1S/C25H19BrFN3O/c26-20-7-2-3-8-21(20)28-25(31)30-16-18-6-1-4-9-22(18)29-15-5-10-23(29)24(30)17-11-13-19(27)14-12-17/h1-15,24H,16H2,(H,28,31). The molecule has 0 bridgehead atoms. The van der Waals surface area contributed by atoms with Gasteiger partial charge in [0.25, 0.3) is 0 Å². The SMILES string of the molecule is O=C(Nc1ccccc1Br)N1Cc2ccccc2-n2cccc2C1c1ccc(F)cc1. The first-order valence-corrected chi connectivity index (χ1v) is 10.7. The first-order valence-electron chi connectivity index (χ1n) is 9.95. The molecule has 0 aliphatic carbocycles. The van der Waals surface area contributed by atoms with Crippen molar-refractivity contribution in [2.24, 2.45) is 0 Å². The Morgan fingerprint density at radius 3 is 2.48 bits per heavy atom. The molecule has 5 rings (SSSR count). The van der Waals surface area contributed by atoms with Gasteiger partial charge < -0.3 is 14.8 Å². The van der Waals surface area contributed by atoms with Crippen LogP contribution in [0, 0.1) is 5.82 Å². The maximum atomic E-state index is 13.7. The van der Waals surface area contributed by atoms with Gasteiger partial charge in [-0.2, -0.15) is 0 Å². The second kappa shape index (κ2) is 8.04. The van der Waals surface area contributed by atoms with Gasteiger partial charge in [-0.1, -0.05) is 42.5 Å². The van der Waals surface area contributed by atoms with E-state index in [0.717, 1.165) is 27.0 Å². The fourth-order valence-corrected chi connectivity index (χ4v) is 4.47. The number of nitrogens with zero attached hydrogens (tertiary/aromatic N) is 2. The third-order valence-electron chi connectivity index (χ3n) is 5.53. The van der Waals surface area contributed by atoms with Crippen LogP contribution in [-0.4, -0.2) is 15.5 Å². The smallest absolute Gasteiger partial charge is 0.318 e. The molecule has 3 aromatic carbocycles. The highest BCUT2D eigenvalue weighted by molar-refractivity contribution is 9.10. The Bertz CT molecular complexity index is 1250. The van der Waals surface area contributed by atoms with Gasteiger partial charge in [0.15, 0.2) is 0 Å². The Hall–Kier alpha value is -3.38. The van der Waals surface area contributed by atoms with Crippen LogP contribution in [0.2, 0.25) is 0 Å². The number of hydrogen-bond acceptors (Lipinski definition) is 1. The van der Waals surface area contributed by atoms with Crippen molar-refractivity contribution in [1.29, 1.82) is 0 Å². The molecule has 0 spiro atoms. The molecule has 0 saturated carbocycles. The van der Waals surface area contributed by atoms with E-state index in [9.17, 15) is 9.18 Å². The number of urea groups is 1. The Morgan fingerprint density at radius 2 is 1.68 bits per heavy atom. The van der Waals surface area contributed by atoms with Gasteiger partial charge in [0.1, 0.15) is 5.82 Å². The van der Waals surface area contributed by atoms with E-state index < -0.39 is 0 Å². The van der Waals surface area contributed by atoms with E-state index >= 15 is 0 Å². The molecule has 1 unspecified atom stereocenters. The monoisotopic (exact) mass is 475 g/mol. The molecule has 1 aromatic heterocycles. The van der Waals surface area contributed by atoms with Crippen LogP contribution in [0.1, 0.15) is 22.9 Å². The molecule has 0 saturated heterocycles. The summed E-state index contributed by atoms with van der Waals surface area (Å²) in [5, 5.41) is 3.03. The van der Waals surface area contributed by atoms with E-state index in [1.807, 2.05) is 60.8 Å². The van der Waals surface area contributed by atoms with Crippen LogP contribution in [0.3, 0.4) is 0 Å². The summed E-state index contributed by atoms with van der Waals surface area (Å²) in [4.78, 5) is 15.4. The number of rotatable bonds is 2. The number of aromatic nitrogens is 1. The van der Waals surface area contributed by atoms with Crippen LogP contribution in [0.4, 0.5) is 14.9 Å². The molecular formula is C25H19BrFN3O. The van der Waals surface area contributed by atoms with Gasteiger partial charge in [-0.15, -0.1) is 0 Å². The van der Waals surface area contributed by atoms with Crippen molar-refractivity contribution >= 4 is 27.6 Å². The second-order valence-corrected chi connectivity index (χ2v) is 8.28. The molecule has 2 amide bonds. The van der Waals surface area contributed by atoms with Crippen LogP contribution in [0.5, 0.6) is 0 Å². The predicted octanol–water partition coefficient (Wildman–Crippen LogP) is 6.52. The van der Waals surface area contributed by atoms with Crippen molar-refractivity contribution in [3.8, 4) is 5.69 Å². The van der Waals surface area contributed by atoms with E-state index in [1.165, 1.54) is 12.1 Å². The molecule has 154 valence electrons. The zero-order valence-corrected chi connectivity index (χ0v) is 18.1. The first-order chi connectivity index (χ1) is 15.1. The zero-order chi connectivity index (χ0) is 21.4. The average molecular weight is 476 g/mol. The van der Waals surface area contributed by atoms with Crippen LogP contribution in [-0.2, 0) is 6.54 Å². The number of nitrogens with one attached hydrogen (secondary N) is 1. The minimum Gasteiger partial charge on any atom is -0.318 e. The molecule has 2 heterocycles. The third-order valence-corrected chi connectivity index (χ3v) is 6.22. The molecule has 31 heavy (non-hydrogen) atoms. The van der Waals surface area contributed by atoms with Gasteiger partial charge in [0.2, 0.25) is 0 Å². The lowest BCUT2D eigenvalue weighted by molar-refractivity contribution is 0.194. The number of para-hydroxylation sites is 2. The molecule has 0 radical (unpaired) electrons. The van der Waals surface area contributed by atoms with Gasteiger partial charge in [0, 0.05) is 16.4 Å². The lowest BCUT2D eigenvalue weighted by Gasteiger charge is -2.31. The summed E-state index contributed by atoms with van der Waals surface area (Å²) in [6.07, 6.45) is 2.00. The van der Waals surface area contributed by atoms with Crippen LogP contribution in [0.15, 0.2) is 95.6 Å². The van der Waals surface area contributed by atoms with Crippen molar-refractivity contribution in [2.75, 3.05) is 5.32 Å². The number of carbonyl (C=O) groups is 1. The molecule has 4 nitrogen and oxygen atoms in total.